The van der Waals surface area contributed by atoms with Crippen LogP contribution < -0.4 is 0 Å². The van der Waals surface area contributed by atoms with Gasteiger partial charge < -0.3 is 9.47 Å². The lowest BCUT2D eigenvalue weighted by molar-refractivity contribution is -0.173. The minimum atomic E-state index is -4.62. The Hall–Kier alpha value is -2.26. The predicted octanol–water partition coefficient (Wildman–Crippen LogP) is 6.38. The van der Waals surface area contributed by atoms with Crippen molar-refractivity contribution in [2.45, 2.75) is 77.4 Å². The molecule has 1 rings (SSSR count). The number of hydrogen-bond acceptors (Lipinski definition) is 4. The number of carbonyl (C=O) groups is 2. The molecule has 0 radical (unpaired) electrons. The minimum Gasteiger partial charge on any atom is -0.461 e. The van der Waals surface area contributed by atoms with Crippen LogP contribution >= 0.6 is 0 Å². The van der Waals surface area contributed by atoms with Crippen molar-refractivity contribution in [2.24, 2.45) is 11.8 Å². The molecule has 1 aromatic carbocycles. The van der Waals surface area contributed by atoms with Gasteiger partial charge in [0.05, 0.1) is 11.8 Å². The normalized spacial score (nSPS) is 14.5. The fraction of sp³-hybridized carbons (Fsp3) is 0.636. The van der Waals surface area contributed by atoms with Gasteiger partial charge in [-0.1, -0.05) is 30.3 Å². The van der Waals surface area contributed by atoms with Crippen LogP contribution in [0.1, 0.15) is 58.4 Å². The number of esters is 2. The minimum absolute atomic E-state index is 0.244. The molecule has 0 fully saturated rings. The van der Waals surface area contributed by atoms with E-state index in [1.807, 2.05) is 0 Å². The van der Waals surface area contributed by atoms with Crippen molar-refractivity contribution in [3.05, 3.63) is 35.9 Å². The summed E-state index contributed by atoms with van der Waals surface area (Å²) < 4.78 is 86.7. The summed E-state index contributed by atoms with van der Waals surface area (Å²) in [6.45, 7) is 4.29. The zero-order valence-corrected chi connectivity index (χ0v) is 18.2. The van der Waals surface area contributed by atoms with E-state index in [-0.39, 0.29) is 6.61 Å². The average molecular weight is 470 g/mol. The molecule has 0 bridgehead atoms. The number of carbonyl (C=O) groups excluding carboxylic acids is 2. The van der Waals surface area contributed by atoms with E-state index in [9.17, 15) is 35.9 Å². The molecule has 0 N–H and O–H groups in total. The van der Waals surface area contributed by atoms with Crippen molar-refractivity contribution in [3.8, 4) is 0 Å². The second-order valence-electron chi connectivity index (χ2n) is 8.50. The molecule has 0 saturated heterocycles. The van der Waals surface area contributed by atoms with Gasteiger partial charge in [0.1, 0.15) is 12.2 Å². The molecule has 4 nitrogen and oxygen atoms in total. The number of alkyl halides is 6. The number of ether oxygens (including phenoxy) is 2. The Bertz CT molecular complexity index is 723. The molecule has 2 atom stereocenters. The van der Waals surface area contributed by atoms with Crippen molar-refractivity contribution in [3.63, 3.8) is 0 Å². The Kier molecular flexibility index (Phi) is 10.0. The highest BCUT2D eigenvalue weighted by Gasteiger charge is 2.40. The van der Waals surface area contributed by atoms with Gasteiger partial charge in [0, 0.05) is 12.8 Å². The van der Waals surface area contributed by atoms with Crippen molar-refractivity contribution >= 4 is 11.9 Å². The third kappa shape index (κ3) is 12.0. The molecule has 182 valence electrons. The first-order valence-electron chi connectivity index (χ1n) is 10.1. The summed E-state index contributed by atoms with van der Waals surface area (Å²) in [6, 6.07) is 8.33. The molecule has 10 heteroatoms. The molecule has 0 aliphatic rings. The fourth-order valence-electron chi connectivity index (χ4n) is 3.02. The highest BCUT2D eigenvalue weighted by Crippen LogP contribution is 2.33. The summed E-state index contributed by atoms with van der Waals surface area (Å²) in [4.78, 5) is 25.4. The van der Waals surface area contributed by atoms with Crippen LogP contribution in [0.5, 0.6) is 0 Å². The molecule has 0 aromatic heterocycles. The van der Waals surface area contributed by atoms with E-state index in [1.165, 1.54) is 20.8 Å². The maximum Gasteiger partial charge on any atom is 0.389 e. The lowest BCUT2D eigenvalue weighted by atomic mass is 9.84. The van der Waals surface area contributed by atoms with Gasteiger partial charge in [0.15, 0.2) is 0 Å². The van der Waals surface area contributed by atoms with Crippen LogP contribution in [0.25, 0.3) is 0 Å². The SMILES string of the molecule is CC(C)(C)OC(=O)C(CCCC(F)(F)F)C(CCC(F)(F)F)C(=O)OCc1ccccc1. The molecule has 1 aromatic rings. The second kappa shape index (κ2) is 11.6. The van der Waals surface area contributed by atoms with Gasteiger partial charge in [-0.25, -0.2) is 0 Å². The third-order valence-electron chi connectivity index (χ3n) is 4.44. The fourth-order valence-corrected chi connectivity index (χ4v) is 3.02. The van der Waals surface area contributed by atoms with Crippen molar-refractivity contribution < 1.29 is 45.4 Å². The molecule has 32 heavy (non-hydrogen) atoms. The highest BCUT2D eigenvalue weighted by atomic mass is 19.4. The van der Waals surface area contributed by atoms with Crippen LogP contribution in [-0.4, -0.2) is 29.9 Å². The van der Waals surface area contributed by atoms with Crippen LogP contribution in [0.4, 0.5) is 26.3 Å². The van der Waals surface area contributed by atoms with Gasteiger partial charge in [-0.3, -0.25) is 9.59 Å². The molecule has 0 aliphatic heterocycles. The largest absolute Gasteiger partial charge is 0.461 e. The Morgan fingerprint density at radius 3 is 1.84 bits per heavy atom. The summed E-state index contributed by atoms with van der Waals surface area (Å²) in [6.07, 6.45) is -13.6. The Labute approximate surface area is 183 Å². The smallest absolute Gasteiger partial charge is 0.389 e. The molecule has 2 unspecified atom stereocenters. The molecule has 0 spiro atoms. The molecule has 0 heterocycles. The Morgan fingerprint density at radius 1 is 0.812 bits per heavy atom. The average Bonchev–Trinajstić information content (AvgIpc) is 2.62. The van der Waals surface area contributed by atoms with Crippen LogP contribution in [0, 0.1) is 11.8 Å². The van der Waals surface area contributed by atoms with Crippen LogP contribution in [0.3, 0.4) is 0 Å². The van der Waals surface area contributed by atoms with Crippen molar-refractivity contribution in [2.75, 3.05) is 0 Å². The predicted molar refractivity (Wildman–Crippen MR) is 104 cm³/mol. The topological polar surface area (TPSA) is 52.6 Å². The van der Waals surface area contributed by atoms with Gasteiger partial charge in [0.2, 0.25) is 0 Å². The number of halogens is 6. The first-order valence-corrected chi connectivity index (χ1v) is 10.1. The van der Waals surface area contributed by atoms with Gasteiger partial charge in [-0.15, -0.1) is 0 Å². The van der Waals surface area contributed by atoms with E-state index < -0.39 is 73.8 Å². The summed E-state index contributed by atoms with van der Waals surface area (Å²) in [5, 5.41) is 0. The monoisotopic (exact) mass is 470 g/mol. The van der Waals surface area contributed by atoms with E-state index in [0.29, 0.717) is 5.56 Å². The number of hydrogen-bond donors (Lipinski definition) is 0. The first kappa shape index (κ1) is 27.8. The Morgan fingerprint density at radius 2 is 1.34 bits per heavy atom. The Balaban J connectivity index is 3.08. The molecular formula is C22H28F6O4. The second-order valence-corrected chi connectivity index (χ2v) is 8.50. The van der Waals surface area contributed by atoms with E-state index in [2.05, 4.69) is 0 Å². The van der Waals surface area contributed by atoms with E-state index >= 15 is 0 Å². The van der Waals surface area contributed by atoms with Gasteiger partial charge in [-0.05, 0) is 45.6 Å². The highest BCUT2D eigenvalue weighted by molar-refractivity contribution is 5.82. The van der Waals surface area contributed by atoms with Crippen molar-refractivity contribution in [1.82, 2.24) is 0 Å². The van der Waals surface area contributed by atoms with Crippen molar-refractivity contribution in [1.29, 1.82) is 0 Å². The van der Waals surface area contributed by atoms with Crippen LogP contribution in [-0.2, 0) is 25.7 Å². The number of rotatable bonds is 10. The first-order chi connectivity index (χ1) is 14.6. The van der Waals surface area contributed by atoms with E-state index in [0.717, 1.165) is 0 Å². The summed E-state index contributed by atoms with van der Waals surface area (Å²) in [7, 11) is 0. The van der Waals surface area contributed by atoms with Crippen LogP contribution in [0.15, 0.2) is 30.3 Å². The van der Waals surface area contributed by atoms with E-state index in [1.54, 1.807) is 30.3 Å². The number of benzene rings is 1. The summed E-state index contributed by atoms with van der Waals surface area (Å²) in [5.41, 5.74) is -0.469. The molecule has 0 amide bonds. The lowest BCUT2D eigenvalue weighted by Crippen LogP contribution is -2.37. The summed E-state index contributed by atoms with van der Waals surface area (Å²) >= 11 is 0. The maximum atomic E-state index is 12.9. The quantitative estimate of drug-likeness (QED) is 0.294. The molecular weight excluding hydrogens is 442 g/mol. The van der Waals surface area contributed by atoms with E-state index in [4.69, 9.17) is 9.47 Å². The molecule has 0 saturated carbocycles. The van der Waals surface area contributed by atoms with Gasteiger partial charge >= 0.3 is 24.3 Å². The zero-order chi connectivity index (χ0) is 24.6. The lowest BCUT2D eigenvalue weighted by Gasteiger charge is -2.28. The van der Waals surface area contributed by atoms with Gasteiger partial charge in [0.25, 0.3) is 0 Å². The maximum absolute atomic E-state index is 12.9. The zero-order valence-electron chi connectivity index (χ0n) is 18.2. The van der Waals surface area contributed by atoms with Crippen LogP contribution in [0.2, 0.25) is 0 Å². The van der Waals surface area contributed by atoms with Gasteiger partial charge in [-0.2, -0.15) is 26.3 Å². The molecule has 0 aliphatic carbocycles. The standard InChI is InChI=1S/C22H28F6O4/c1-20(2,3)32-19(30)16(10-7-12-21(23,24)25)17(11-13-22(26,27)28)18(29)31-14-15-8-5-4-6-9-15/h4-6,8-9,16-17H,7,10-14H2,1-3H3. The third-order valence-corrected chi connectivity index (χ3v) is 4.44. The summed E-state index contributed by atoms with van der Waals surface area (Å²) in [5.74, 6) is -5.20.